The average molecular weight is 456 g/mol. The van der Waals surface area contributed by atoms with E-state index in [9.17, 15) is 4.79 Å². The number of carbonyl (C=O) groups excluding carboxylic acids is 1. The molecule has 176 valence electrons. The van der Waals surface area contributed by atoms with Crippen molar-refractivity contribution in [3.63, 3.8) is 0 Å². The van der Waals surface area contributed by atoms with Crippen LogP contribution in [0.5, 0.6) is 0 Å². The Morgan fingerprint density at radius 2 is 1.62 bits per heavy atom. The Hall–Kier alpha value is -3.47. The maximum atomic E-state index is 13.1. The largest absolute Gasteiger partial charge is 0.443 e. The normalized spacial score (nSPS) is 18.1. The van der Waals surface area contributed by atoms with Gasteiger partial charge in [0.2, 0.25) is 0 Å². The highest BCUT2D eigenvalue weighted by molar-refractivity contribution is 5.75. The third-order valence-electron chi connectivity index (χ3n) is 6.61. The van der Waals surface area contributed by atoms with Gasteiger partial charge in [-0.1, -0.05) is 48.6 Å². The van der Waals surface area contributed by atoms with Crippen molar-refractivity contribution in [3.05, 3.63) is 94.9 Å². The SMILES string of the molecule is CN(C(=O)OC(C)(C)C)C1=C(CN2CCc3ccccc32)C=C/C1=C\N1CCc2ccccc21. The third-order valence-corrected chi connectivity index (χ3v) is 6.61. The number of fused-ring (bicyclic) bond motifs is 2. The highest BCUT2D eigenvalue weighted by Gasteiger charge is 2.30. The summed E-state index contributed by atoms with van der Waals surface area (Å²) in [4.78, 5) is 19.5. The van der Waals surface area contributed by atoms with Gasteiger partial charge in [0, 0.05) is 49.8 Å². The molecule has 0 unspecified atom stereocenters. The Labute approximate surface area is 202 Å². The first kappa shape index (κ1) is 22.3. The van der Waals surface area contributed by atoms with E-state index in [2.05, 4.69) is 76.7 Å². The molecule has 0 radical (unpaired) electrons. The van der Waals surface area contributed by atoms with Gasteiger partial charge in [0.25, 0.3) is 0 Å². The molecule has 5 nitrogen and oxygen atoms in total. The van der Waals surface area contributed by atoms with Gasteiger partial charge in [0.15, 0.2) is 0 Å². The Morgan fingerprint density at radius 1 is 0.971 bits per heavy atom. The number of anilines is 2. The summed E-state index contributed by atoms with van der Waals surface area (Å²) in [5.74, 6) is 0. The Balaban J connectivity index is 1.49. The molecule has 2 aliphatic heterocycles. The Morgan fingerprint density at radius 3 is 2.35 bits per heavy atom. The lowest BCUT2D eigenvalue weighted by Crippen LogP contribution is -2.35. The number of hydrogen-bond donors (Lipinski definition) is 0. The van der Waals surface area contributed by atoms with Crippen LogP contribution in [0.1, 0.15) is 31.9 Å². The Kier molecular flexibility index (Phi) is 5.72. The summed E-state index contributed by atoms with van der Waals surface area (Å²) in [6.07, 6.45) is 8.22. The van der Waals surface area contributed by atoms with Crippen LogP contribution in [0.2, 0.25) is 0 Å². The molecule has 0 saturated carbocycles. The van der Waals surface area contributed by atoms with E-state index >= 15 is 0 Å². The number of para-hydroxylation sites is 2. The molecule has 0 fully saturated rings. The van der Waals surface area contributed by atoms with Crippen LogP contribution >= 0.6 is 0 Å². The topological polar surface area (TPSA) is 36.0 Å². The van der Waals surface area contributed by atoms with E-state index in [-0.39, 0.29) is 6.09 Å². The molecule has 1 amide bonds. The highest BCUT2D eigenvalue weighted by Crippen LogP contribution is 2.35. The summed E-state index contributed by atoms with van der Waals surface area (Å²) >= 11 is 0. The van der Waals surface area contributed by atoms with Crippen molar-refractivity contribution < 1.29 is 9.53 Å². The van der Waals surface area contributed by atoms with Crippen LogP contribution in [-0.4, -0.2) is 43.3 Å². The van der Waals surface area contributed by atoms with Crippen LogP contribution in [0.4, 0.5) is 16.2 Å². The van der Waals surface area contributed by atoms with Crippen molar-refractivity contribution in [3.8, 4) is 0 Å². The zero-order chi connectivity index (χ0) is 23.9. The van der Waals surface area contributed by atoms with Gasteiger partial charge in [-0.05, 0) is 62.4 Å². The van der Waals surface area contributed by atoms with E-state index in [1.807, 2.05) is 27.8 Å². The summed E-state index contributed by atoms with van der Waals surface area (Å²) in [5.41, 5.74) is 7.80. The first-order valence-electron chi connectivity index (χ1n) is 12.1. The van der Waals surface area contributed by atoms with Crippen molar-refractivity contribution in [2.75, 3.05) is 36.5 Å². The third kappa shape index (κ3) is 4.35. The van der Waals surface area contributed by atoms with Crippen LogP contribution in [0.3, 0.4) is 0 Å². The molecule has 0 N–H and O–H groups in total. The number of benzene rings is 2. The van der Waals surface area contributed by atoms with Crippen LogP contribution in [0.15, 0.2) is 83.7 Å². The number of likely N-dealkylation sites (N-methyl/N-ethyl adjacent to an activating group) is 1. The zero-order valence-corrected chi connectivity index (χ0v) is 20.5. The van der Waals surface area contributed by atoms with Crippen molar-refractivity contribution in [2.24, 2.45) is 0 Å². The van der Waals surface area contributed by atoms with E-state index in [1.165, 1.54) is 22.5 Å². The van der Waals surface area contributed by atoms with Gasteiger partial charge in [-0.3, -0.25) is 4.90 Å². The summed E-state index contributed by atoms with van der Waals surface area (Å²) in [6.45, 7) is 8.39. The van der Waals surface area contributed by atoms with Crippen molar-refractivity contribution >= 4 is 17.5 Å². The smallest absolute Gasteiger partial charge is 0.414 e. The standard InChI is InChI=1S/C29H33N3O2/c1-29(2,3)34-28(33)30(4)27-23(19-31-17-15-21-9-5-7-11-25(21)31)13-14-24(27)20-32-18-16-22-10-6-8-12-26(22)32/h5-14,19H,15-18,20H2,1-4H3/b23-19+. The van der Waals surface area contributed by atoms with Gasteiger partial charge in [-0.25, -0.2) is 4.79 Å². The molecule has 5 rings (SSSR count). The lowest BCUT2D eigenvalue weighted by Gasteiger charge is -2.28. The highest BCUT2D eigenvalue weighted by atomic mass is 16.6. The van der Waals surface area contributed by atoms with Crippen LogP contribution in [-0.2, 0) is 17.6 Å². The van der Waals surface area contributed by atoms with E-state index in [4.69, 9.17) is 4.74 Å². The number of ether oxygens (including phenoxy) is 1. The maximum Gasteiger partial charge on any atom is 0.414 e. The van der Waals surface area contributed by atoms with Gasteiger partial charge in [0.1, 0.15) is 5.60 Å². The zero-order valence-electron chi connectivity index (χ0n) is 20.5. The summed E-state index contributed by atoms with van der Waals surface area (Å²) in [7, 11) is 1.82. The van der Waals surface area contributed by atoms with E-state index in [0.29, 0.717) is 0 Å². The molecule has 2 heterocycles. The first-order chi connectivity index (χ1) is 16.3. The van der Waals surface area contributed by atoms with Crippen LogP contribution in [0, 0.1) is 0 Å². The molecular formula is C29H33N3O2. The monoisotopic (exact) mass is 455 g/mol. The fraction of sp³-hybridized carbons (Fsp3) is 0.345. The first-order valence-corrected chi connectivity index (χ1v) is 12.1. The minimum atomic E-state index is -0.552. The molecule has 3 aliphatic rings. The molecule has 1 aliphatic carbocycles. The second kappa shape index (κ2) is 8.71. The van der Waals surface area contributed by atoms with Crippen LogP contribution in [0.25, 0.3) is 0 Å². The number of rotatable bonds is 4. The van der Waals surface area contributed by atoms with Crippen molar-refractivity contribution in [1.29, 1.82) is 0 Å². The fourth-order valence-corrected chi connectivity index (χ4v) is 5.04. The van der Waals surface area contributed by atoms with Gasteiger partial charge in [-0.15, -0.1) is 0 Å². The minimum absolute atomic E-state index is 0.335. The number of hydrogen-bond acceptors (Lipinski definition) is 4. The molecule has 0 bridgehead atoms. The fourth-order valence-electron chi connectivity index (χ4n) is 5.04. The van der Waals surface area contributed by atoms with Crippen LogP contribution < -0.4 is 9.80 Å². The lowest BCUT2D eigenvalue weighted by atomic mass is 10.1. The van der Waals surface area contributed by atoms with E-state index < -0.39 is 5.60 Å². The van der Waals surface area contributed by atoms with Crippen molar-refractivity contribution in [2.45, 2.75) is 39.2 Å². The summed E-state index contributed by atoms with van der Waals surface area (Å²) in [5, 5.41) is 0. The van der Waals surface area contributed by atoms with Gasteiger partial charge in [0.05, 0.1) is 5.70 Å². The second-order valence-electron chi connectivity index (χ2n) is 10.2. The lowest BCUT2D eigenvalue weighted by molar-refractivity contribution is 0.0356. The van der Waals surface area contributed by atoms with E-state index in [0.717, 1.165) is 49.3 Å². The van der Waals surface area contributed by atoms with Gasteiger partial charge >= 0.3 is 6.09 Å². The summed E-state index contributed by atoms with van der Waals surface area (Å²) in [6, 6.07) is 17.1. The molecule has 0 spiro atoms. The molecule has 5 heteroatoms. The maximum absolute atomic E-state index is 13.1. The second-order valence-corrected chi connectivity index (χ2v) is 10.2. The molecule has 0 saturated heterocycles. The average Bonchev–Trinajstić information content (AvgIpc) is 3.51. The number of carbonyl (C=O) groups is 1. The van der Waals surface area contributed by atoms with Crippen molar-refractivity contribution in [1.82, 2.24) is 4.90 Å². The molecule has 34 heavy (non-hydrogen) atoms. The van der Waals surface area contributed by atoms with E-state index in [1.54, 1.807) is 4.90 Å². The number of allylic oxidation sites excluding steroid dienone is 1. The van der Waals surface area contributed by atoms with Gasteiger partial charge in [-0.2, -0.15) is 0 Å². The molecule has 0 aromatic heterocycles. The summed E-state index contributed by atoms with van der Waals surface area (Å²) < 4.78 is 5.73. The number of amides is 1. The Bertz CT molecular complexity index is 1200. The molecule has 2 aromatic rings. The molecular weight excluding hydrogens is 422 g/mol. The molecule has 0 atom stereocenters. The number of nitrogens with zero attached hydrogens (tertiary/aromatic N) is 3. The predicted octanol–water partition coefficient (Wildman–Crippen LogP) is 5.69. The predicted molar refractivity (Wildman–Crippen MR) is 138 cm³/mol. The quantitative estimate of drug-likeness (QED) is 0.594. The molecule has 2 aromatic carbocycles. The van der Waals surface area contributed by atoms with Gasteiger partial charge < -0.3 is 14.5 Å². The minimum Gasteiger partial charge on any atom is -0.443 e.